The molecule has 3 heterocycles. The van der Waals surface area contributed by atoms with Crippen molar-refractivity contribution in [3.05, 3.63) is 101 Å². The molecular weight excluding hydrogens is 585 g/mol. The SMILES string of the molecule is Cc1cccc(CN[C@H]2CC[C@@H](NC(=O)c3cc(F)cnc3Oc3cccc(-c4ccc(O)cc4CN4CCOCC4)c3)CC2)n1. The van der Waals surface area contributed by atoms with Crippen LogP contribution in [-0.4, -0.2) is 64.3 Å². The van der Waals surface area contributed by atoms with Gasteiger partial charge in [0.05, 0.1) is 25.1 Å². The topological polar surface area (TPSA) is 109 Å². The highest BCUT2D eigenvalue weighted by Gasteiger charge is 2.25. The number of halogens is 1. The van der Waals surface area contributed by atoms with E-state index in [0.717, 1.165) is 73.0 Å². The van der Waals surface area contributed by atoms with Gasteiger partial charge in [0.1, 0.15) is 22.9 Å². The van der Waals surface area contributed by atoms with Crippen molar-refractivity contribution in [1.29, 1.82) is 0 Å². The van der Waals surface area contributed by atoms with Crippen LogP contribution in [0.1, 0.15) is 53.0 Å². The largest absolute Gasteiger partial charge is 0.508 e. The van der Waals surface area contributed by atoms with Crippen LogP contribution in [0.25, 0.3) is 11.1 Å². The van der Waals surface area contributed by atoms with Gasteiger partial charge in [0.2, 0.25) is 5.88 Å². The number of phenols is 1. The maximum atomic E-state index is 14.3. The van der Waals surface area contributed by atoms with Crippen LogP contribution < -0.4 is 15.4 Å². The number of morpholine rings is 1. The first-order chi connectivity index (χ1) is 22.4. The summed E-state index contributed by atoms with van der Waals surface area (Å²) in [4.78, 5) is 24.4. The lowest BCUT2D eigenvalue weighted by Crippen LogP contribution is -2.42. The number of hydrogen-bond acceptors (Lipinski definition) is 8. The Labute approximate surface area is 268 Å². The fourth-order valence-corrected chi connectivity index (χ4v) is 6.15. The summed E-state index contributed by atoms with van der Waals surface area (Å²) in [5, 5.41) is 16.9. The number of nitrogens with one attached hydrogen (secondary N) is 2. The summed E-state index contributed by atoms with van der Waals surface area (Å²) in [6.45, 7) is 6.38. The van der Waals surface area contributed by atoms with Crippen molar-refractivity contribution >= 4 is 5.91 Å². The normalized spacial score (nSPS) is 18.7. The number of nitrogens with zero attached hydrogens (tertiary/aromatic N) is 3. The summed E-state index contributed by atoms with van der Waals surface area (Å²) < 4.78 is 25.9. The number of ether oxygens (including phenoxy) is 2. The second-order valence-corrected chi connectivity index (χ2v) is 12.0. The smallest absolute Gasteiger partial charge is 0.257 e. The van der Waals surface area contributed by atoms with Gasteiger partial charge in [-0.1, -0.05) is 24.3 Å². The van der Waals surface area contributed by atoms with E-state index >= 15 is 0 Å². The lowest BCUT2D eigenvalue weighted by molar-refractivity contribution is 0.0342. The Balaban J connectivity index is 1.10. The van der Waals surface area contributed by atoms with Crippen LogP contribution in [-0.2, 0) is 17.8 Å². The van der Waals surface area contributed by atoms with Crippen molar-refractivity contribution in [3.8, 4) is 28.5 Å². The average Bonchev–Trinajstić information content (AvgIpc) is 3.06. The minimum Gasteiger partial charge on any atom is -0.508 e. The van der Waals surface area contributed by atoms with Gasteiger partial charge in [0.15, 0.2) is 0 Å². The second-order valence-electron chi connectivity index (χ2n) is 12.0. The van der Waals surface area contributed by atoms with E-state index in [-0.39, 0.29) is 23.2 Å². The molecule has 3 N–H and O–H groups in total. The van der Waals surface area contributed by atoms with E-state index in [1.165, 1.54) is 6.07 Å². The van der Waals surface area contributed by atoms with E-state index in [1.54, 1.807) is 18.2 Å². The fourth-order valence-electron chi connectivity index (χ4n) is 6.15. The Bertz CT molecular complexity index is 1650. The summed E-state index contributed by atoms with van der Waals surface area (Å²) in [5.74, 6) is -0.317. The molecule has 2 aliphatic rings. The molecule has 0 radical (unpaired) electrons. The van der Waals surface area contributed by atoms with E-state index in [0.29, 0.717) is 38.1 Å². The molecule has 4 aromatic rings. The zero-order valence-corrected chi connectivity index (χ0v) is 26.0. The van der Waals surface area contributed by atoms with Crippen LogP contribution in [0, 0.1) is 12.7 Å². The van der Waals surface area contributed by atoms with Gasteiger partial charge < -0.3 is 25.2 Å². The maximum Gasteiger partial charge on any atom is 0.257 e. The number of benzene rings is 2. The fraction of sp³-hybridized carbons (Fsp3) is 0.361. The van der Waals surface area contributed by atoms with Gasteiger partial charge in [-0.15, -0.1) is 0 Å². The monoisotopic (exact) mass is 625 g/mol. The van der Waals surface area contributed by atoms with Gasteiger partial charge in [-0.2, -0.15) is 0 Å². The molecule has 240 valence electrons. The Kier molecular flexibility index (Phi) is 10.2. The predicted molar refractivity (Wildman–Crippen MR) is 173 cm³/mol. The summed E-state index contributed by atoms with van der Waals surface area (Å²) in [5.41, 5.74) is 4.89. The van der Waals surface area contributed by atoms with E-state index in [2.05, 4.69) is 25.5 Å². The Morgan fingerprint density at radius 1 is 1.02 bits per heavy atom. The number of hydrogen-bond donors (Lipinski definition) is 3. The third-order valence-corrected chi connectivity index (χ3v) is 8.59. The quantitative estimate of drug-likeness (QED) is 0.205. The molecule has 2 aromatic carbocycles. The standard InChI is InChI=1S/C36H40FN5O4/c1-24-4-2-6-30(40-24)22-38-28-8-10-29(11-9-28)41-35(44)34-20-27(37)21-39-36(34)46-32-7-3-5-25(19-32)33-13-12-31(43)18-26(33)23-42-14-16-45-17-15-42/h2-7,12-13,18-21,28-29,38,43H,8-11,14-17,22-23H2,1H3,(H,41,44)/t28-,29+. The van der Waals surface area contributed by atoms with Crippen molar-refractivity contribution in [2.24, 2.45) is 0 Å². The van der Waals surface area contributed by atoms with Crippen LogP contribution in [0.2, 0.25) is 0 Å². The third-order valence-electron chi connectivity index (χ3n) is 8.59. The van der Waals surface area contributed by atoms with Crippen LogP contribution in [0.5, 0.6) is 17.4 Å². The highest BCUT2D eigenvalue weighted by molar-refractivity contribution is 5.96. The van der Waals surface area contributed by atoms with Crippen molar-refractivity contribution < 1.29 is 23.8 Å². The van der Waals surface area contributed by atoms with Crippen LogP contribution >= 0.6 is 0 Å². The van der Waals surface area contributed by atoms with Crippen LogP contribution in [0.4, 0.5) is 4.39 Å². The second kappa shape index (κ2) is 14.8. The summed E-state index contributed by atoms with van der Waals surface area (Å²) in [6, 6.07) is 20.3. The number of amides is 1. The average molecular weight is 626 g/mol. The lowest BCUT2D eigenvalue weighted by atomic mass is 9.91. The number of aromatic nitrogens is 2. The van der Waals surface area contributed by atoms with E-state index < -0.39 is 11.7 Å². The zero-order chi connectivity index (χ0) is 31.9. The molecule has 1 aliphatic carbocycles. The molecule has 0 bridgehead atoms. The van der Waals surface area contributed by atoms with E-state index in [1.807, 2.05) is 49.4 Å². The predicted octanol–water partition coefficient (Wildman–Crippen LogP) is 5.75. The van der Waals surface area contributed by atoms with Crippen LogP contribution in [0.15, 0.2) is 72.9 Å². The molecule has 0 unspecified atom stereocenters. The van der Waals surface area contributed by atoms with Gasteiger partial charge in [-0.3, -0.25) is 14.7 Å². The molecule has 9 nitrogen and oxygen atoms in total. The molecule has 1 aliphatic heterocycles. The number of phenolic OH excluding ortho intramolecular Hbond substituents is 1. The number of aryl methyl sites for hydroxylation is 1. The van der Waals surface area contributed by atoms with Gasteiger partial charge >= 0.3 is 0 Å². The third kappa shape index (κ3) is 8.25. The Morgan fingerprint density at radius 2 is 1.80 bits per heavy atom. The molecule has 1 saturated heterocycles. The van der Waals surface area contributed by atoms with Crippen molar-refractivity contribution in [2.75, 3.05) is 26.3 Å². The lowest BCUT2D eigenvalue weighted by Gasteiger charge is -2.30. The first-order valence-corrected chi connectivity index (χ1v) is 15.9. The summed E-state index contributed by atoms with van der Waals surface area (Å²) in [7, 11) is 0. The maximum absolute atomic E-state index is 14.3. The highest BCUT2D eigenvalue weighted by Crippen LogP contribution is 2.33. The summed E-state index contributed by atoms with van der Waals surface area (Å²) >= 11 is 0. The van der Waals surface area contributed by atoms with Gasteiger partial charge in [-0.25, -0.2) is 9.37 Å². The number of aromatic hydroxyl groups is 1. The zero-order valence-electron chi connectivity index (χ0n) is 26.0. The number of rotatable bonds is 10. The van der Waals surface area contributed by atoms with Crippen LogP contribution in [0.3, 0.4) is 0 Å². The minimum absolute atomic E-state index is 0.0264. The van der Waals surface area contributed by atoms with Gasteiger partial charge in [-0.05, 0) is 91.8 Å². The van der Waals surface area contributed by atoms with Crippen molar-refractivity contribution in [2.45, 2.75) is 57.8 Å². The highest BCUT2D eigenvalue weighted by atomic mass is 19.1. The Hall–Kier alpha value is -4.38. The molecule has 0 atom stereocenters. The summed E-state index contributed by atoms with van der Waals surface area (Å²) in [6.07, 6.45) is 4.50. The van der Waals surface area contributed by atoms with Crippen molar-refractivity contribution in [3.63, 3.8) is 0 Å². The number of carbonyl (C=O) groups excluding carboxylic acids is 1. The Morgan fingerprint density at radius 3 is 2.61 bits per heavy atom. The van der Waals surface area contributed by atoms with Gasteiger partial charge in [0.25, 0.3) is 5.91 Å². The molecule has 6 rings (SSSR count). The number of pyridine rings is 2. The van der Waals surface area contributed by atoms with E-state index in [9.17, 15) is 14.3 Å². The molecule has 2 aromatic heterocycles. The van der Waals surface area contributed by atoms with Crippen molar-refractivity contribution in [1.82, 2.24) is 25.5 Å². The molecule has 10 heteroatoms. The first-order valence-electron chi connectivity index (χ1n) is 15.9. The molecular formula is C36H40FN5O4. The molecule has 2 fully saturated rings. The number of carbonyl (C=O) groups is 1. The van der Waals surface area contributed by atoms with Gasteiger partial charge in [0, 0.05) is 44.0 Å². The molecule has 0 spiro atoms. The minimum atomic E-state index is -0.610. The molecule has 46 heavy (non-hydrogen) atoms. The molecule has 1 amide bonds. The van der Waals surface area contributed by atoms with E-state index in [4.69, 9.17) is 9.47 Å². The molecule has 1 saturated carbocycles. The first kappa shape index (κ1) is 31.6.